The Kier molecular flexibility index (Phi) is 6.13. The normalized spacial score (nSPS) is 10.4. The molecule has 1 N–H and O–H groups in total. The molecule has 1 amide bonds. The smallest absolute Gasteiger partial charge is 0.411 e. The lowest BCUT2D eigenvalue weighted by molar-refractivity contribution is 0.0473. The van der Waals surface area contributed by atoms with Crippen molar-refractivity contribution in [3.63, 3.8) is 0 Å². The molecule has 3 aromatic rings. The first-order chi connectivity index (χ1) is 14.0. The van der Waals surface area contributed by atoms with Crippen molar-refractivity contribution >= 4 is 28.7 Å². The number of hydrogen-bond acceptors (Lipinski definition) is 7. The van der Waals surface area contributed by atoms with Gasteiger partial charge in [0.05, 0.1) is 19.3 Å². The summed E-state index contributed by atoms with van der Waals surface area (Å²) < 4.78 is 20.5. The van der Waals surface area contributed by atoms with Crippen LogP contribution >= 0.6 is 0 Å². The topological polar surface area (TPSA) is 104 Å². The van der Waals surface area contributed by atoms with Crippen molar-refractivity contribution < 1.29 is 28.2 Å². The fourth-order valence-corrected chi connectivity index (χ4v) is 2.69. The lowest BCUT2D eigenvalue weighted by Gasteiger charge is -2.09. The molecule has 29 heavy (non-hydrogen) atoms. The predicted molar refractivity (Wildman–Crippen MR) is 105 cm³/mol. The van der Waals surface area contributed by atoms with Crippen LogP contribution in [0.2, 0.25) is 0 Å². The zero-order chi connectivity index (χ0) is 20.8. The summed E-state index contributed by atoms with van der Waals surface area (Å²) in [5, 5.41) is 3.15. The maximum atomic E-state index is 12.4. The molecule has 0 aliphatic heterocycles. The van der Waals surface area contributed by atoms with E-state index in [1.165, 1.54) is 19.2 Å². The molecule has 8 nitrogen and oxygen atoms in total. The van der Waals surface area contributed by atoms with Gasteiger partial charge in [0, 0.05) is 28.8 Å². The van der Waals surface area contributed by atoms with E-state index in [1.54, 1.807) is 43.3 Å². The molecule has 0 bridgehead atoms. The average molecular weight is 397 g/mol. The maximum absolute atomic E-state index is 12.4. The van der Waals surface area contributed by atoms with E-state index in [1.807, 2.05) is 0 Å². The number of amides is 1. The van der Waals surface area contributed by atoms with Gasteiger partial charge in [-0.05, 0) is 37.3 Å². The van der Waals surface area contributed by atoms with Gasteiger partial charge in [-0.2, -0.15) is 0 Å². The quantitative estimate of drug-likeness (QED) is 0.499. The molecule has 3 rings (SSSR count). The van der Waals surface area contributed by atoms with E-state index in [4.69, 9.17) is 18.6 Å². The zero-order valence-electron chi connectivity index (χ0n) is 15.9. The van der Waals surface area contributed by atoms with Gasteiger partial charge >= 0.3 is 17.7 Å². The van der Waals surface area contributed by atoms with Crippen LogP contribution in [0, 0.1) is 0 Å². The molecule has 0 atom stereocenters. The molecule has 0 saturated carbocycles. The third-order valence-electron chi connectivity index (χ3n) is 4.02. The van der Waals surface area contributed by atoms with Crippen LogP contribution in [0.5, 0.6) is 5.75 Å². The predicted octanol–water partition coefficient (Wildman–Crippen LogP) is 3.73. The standard InChI is InChI=1S/C21H19NO7/c1-3-27-21(25)22-15-6-4-5-13(9-15)20(24)28-12-14-10-19(23)29-18-11-16(26-2)7-8-17(14)18/h4-11H,3,12H2,1-2H3,(H,22,25). The van der Waals surface area contributed by atoms with Crippen molar-refractivity contribution in [2.24, 2.45) is 0 Å². The minimum atomic E-state index is -0.615. The van der Waals surface area contributed by atoms with E-state index < -0.39 is 17.7 Å². The van der Waals surface area contributed by atoms with Crippen LogP contribution in [0.15, 0.2) is 57.7 Å². The van der Waals surface area contributed by atoms with Crippen molar-refractivity contribution in [3.05, 3.63) is 70.1 Å². The third kappa shape index (κ3) is 4.92. The Morgan fingerprint density at radius 1 is 1.07 bits per heavy atom. The number of ether oxygens (including phenoxy) is 3. The highest BCUT2D eigenvalue weighted by atomic mass is 16.5. The van der Waals surface area contributed by atoms with E-state index in [-0.39, 0.29) is 18.8 Å². The minimum absolute atomic E-state index is 0.122. The van der Waals surface area contributed by atoms with Crippen molar-refractivity contribution in [2.45, 2.75) is 13.5 Å². The number of anilines is 1. The van der Waals surface area contributed by atoms with Crippen molar-refractivity contribution in [1.82, 2.24) is 0 Å². The molecule has 0 radical (unpaired) electrons. The molecule has 1 aromatic heterocycles. The van der Waals surface area contributed by atoms with Crippen molar-refractivity contribution in [1.29, 1.82) is 0 Å². The summed E-state index contributed by atoms with van der Waals surface area (Å²) in [6.07, 6.45) is -0.615. The van der Waals surface area contributed by atoms with Gasteiger partial charge in [0.25, 0.3) is 0 Å². The zero-order valence-corrected chi connectivity index (χ0v) is 15.9. The number of fused-ring (bicyclic) bond motifs is 1. The third-order valence-corrected chi connectivity index (χ3v) is 4.02. The van der Waals surface area contributed by atoms with Gasteiger partial charge in [0.15, 0.2) is 0 Å². The first kappa shape index (κ1) is 19.9. The van der Waals surface area contributed by atoms with Gasteiger partial charge in [0.1, 0.15) is 17.9 Å². The van der Waals surface area contributed by atoms with Gasteiger partial charge < -0.3 is 18.6 Å². The van der Waals surface area contributed by atoms with Crippen molar-refractivity contribution in [3.8, 4) is 5.75 Å². The lowest BCUT2D eigenvalue weighted by atomic mass is 10.1. The average Bonchev–Trinajstić information content (AvgIpc) is 2.71. The molecule has 2 aromatic carbocycles. The first-order valence-corrected chi connectivity index (χ1v) is 8.82. The van der Waals surface area contributed by atoms with Crippen LogP contribution in [0.3, 0.4) is 0 Å². The first-order valence-electron chi connectivity index (χ1n) is 8.82. The second-order valence-corrected chi connectivity index (χ2v) is 5.96. The van der Waals surface area contributed by atoms with Gasteiger partial charge in [-0.1, -0.05) is 6.07 Å². The maximum Gasteiger partial charge on any atom is 0.411 e. The lowest BCUT2D eigenvalue weighted by Crippen LogP contribution is -2.14. The largest absolute Gasteiger partial charge is 0.497 e. The second kappa shape index (κ2) is 8.92. The van der Waals surface area contributed by atoms with E-state index in [9.17, 15) is 14.4 Å². The van der Waals surface area contributed by atoms with Crippen LogP contribution in [0.1, 0.15) is 22.8 Å². The Morgan fingerprint density at radius 2 is 1.90 bits per heavy atom. The summed E-state index contributed by atoms with van der Waals surface area (Å²) in [6.45, 7) is 1.80. The van der Waals surface area contributed by atoms with Crippen LogP contribution in [0.4, 0.5) is 10.5 Å². The van der Waals surface area contributed by atoms with E-state index in [2.05, 4.69) is 5.32 Å². The number of esters is 1. The molecule has 8 heteroatoms. The molecule has 0 spiro atoms. The Hall–Kier alpha value is -3.81. The Balaban J connectivity index is 1.76. The van der Waals surface area contributed by atoms with Crippen LogP contribution in [0.25, 0.3) is 11.0 Å². The van der Waals surface area contributed by atoms with Gasteiger partial charge in [-0.3, -0.25) is 5.32 Å². The molecular formula is C21H19NO7. The Bertz CT molecular complexity index is 1100. The molecule has 0 fully saturated rings. The van der Waals surface area contributed by atoms with Gasteiger partial charge in [-0.15, -0.1) is 0 Å². The summed E-state index contributed by atoms with van der Waals surface area (Å²) in [6, 6.07) is 12.6. The Morgan fingerprint density at radius 3 is 2.66 bits per heavy atom. The molecular weight excluding hydrogens is 378 g/mol. The molecule has 0 saturated heterocycles. The molecule has 0 unspecified atom stereocenters. The summed E-state index contributed by atoms with van der Waals surface area (Å²) in [4.78, 5) is 35.7. The van der Waals surface area contributed by atoms with E-state index in [0.717, 1.165) is 0 Å². The van der Waals surface area contributed by atoms with E-state index >= 15 is 0 Å². The fraction of sp³-hybridized carbons (Fsp3) is 0.190. The molecule has 0 aliphatic rings. The number of methoxy groups -OCH3 is 1. The van der Waals surface area contributed by atoms with Crippen LogP contribution in [-0.2, 0) is 16.1 Å². The molecule has 0 aliphatic carbocycles. The Labute approximate surface area is 166 Å². The summed E-state index contributed by atoms with van der Waals surface area (Å²) >= 11 is 0. The SMILES string of the molecule is CCOC(=O)Nc1cccc(C(=O)OCc2cc(=O)oc3cc(OC)ccc23)c1. The van der Waals surface area contributed by atoms with Crippen molar-refractivity contribution in [2.75, 3.05) is 19.0 Å². The summed E-state index contributed by atoms with van der Waals surface area (Å²) in [7, 11) is 1.51. The monoisotopic (exact) mass is 397 g/mol. The summed E-state index contributed by atoms with van der Waals surface area (Å²) in [5.74, 6) is -0.0619. The van der Waals surface area contributed by atoms with Crippen LogP contribution in [-0.4, -0.2) is 25.8 Å². The number of rotatable bonds is 6. The number of benzene rings is 2. The van der Waals surface area contributed by atoms with Gasteiger partial charge in [0.2, 0.25) is 0 Å². The highest BCUT2D eigenvalue weighted by molar-refractivity contribution is 5.92. The summed E-state index contributed by atoms with van der Waals surface area (Å²) in [5.41, 5.74) is 0.929. The van der Waals surface area contributed by atoms with Crippen LogP contribution < -0.4 is 15.7 Å². The fourth-order valence-electron chi connectivity index (χ4n) is 2.69. The minimum Gasteiger partial charge on any atom is -0.497 e. The highest BCUT2D eigenvalue weighted by Crippen LogP contribution is 2.23. The second-order valence-electron chi connectivity index (χ2n) is 5.96. The van der Waals surface area contributed by atoms with Gasteiger partial charge in [-0.25, -0.2) is 14.4 Å². The number of nitrogens with one attached hydrogen (secondary N) is 1. The molecule has 150 valence electrons. The van der Waals surface area contributed by atoms with E-state index in [0.29, 0.717) is 28.0 Å². The molecule has 1 heterocycles. The highest BCUT2D eigenvalue weighted by Gasteiger charge is 2.13. The number of carbonyl (C=O) groups excluding carboxylic acids is 2. The number of hydrogen-bond donors (Lipinski definition) is 1. The number of carbonyl (C=O) groups is 2.